The van der Waals surface area contributed by atoms with Gasteiger partial charge in [0.1, 0.15) is 5.57 Å². The molecule has 0 saturated heterocycles. The zero-order valence-corrected chi connectivity index (χ0v) is 13.0. The van der Waals surface area contributed by atoms with E-state index in [9.17, 15) is 32.3 Å². The molecule has 1 amide bonds. The van der Waals surface area contributed by atoms with Crippen LogP contribution in [0.1, 0.15) is 6.92 Å². The van der Waals surface area contributed by atoms with Gasteiger partial charge in [0, 0.05) is 7.05 Å². The number of hydrogen-bond acceptors (Lipinski definition) is 5. The molecule has 1 aliphatic carbocycles. The summed E-state index contributed by atoms with van der Waals surface area (Å²) in [5.74, 6) is -6.82. The van der Waals surface area contributed by atoms with E-state index in [1.54, 1.807) is 0 Å². The van der Waals surface area contributed by atoms with Gasteiger partial charge in [0.2, 0.25) is 5.67 Å². The van der Waals surface area contributed by atoms with Gasteiger partial charge in [-0.25, -0.2) is 32.2 Å². The lowest BCUT2D eigenvalue weighted by Crippen LogP contribution is -2.39. The van der Waals surface area contributed by atoms with Crippen molar-refractivity contribution in [3.05, 3.63) is 35.1 Å². The maximum absolute atomic E-state index is 14.7. The molecule has 138 valence electrons. The highest BCUT2D eigenvalue weighted by molar-refractivity contribution is 6.10. The molecule has 0 aromatic rings. The average Bonchev–Trinajstić information content (AvgIpc) is 2.56. The van der Waals surface area contributed by atoms with Gasteiger partial charge < -0.3 is 14.9 Å². The molecule has 0 aromatic carbocycles. The number of aliphatic hydroxyl groups is 1. The summed E-state index contributed by atoms with van der Waals surface area (Å²) in [4.78, 5) is 22.5. The van der Waals surface area contributed by atoms with Crippen LogP contribution >= 0.6 is 0 Å². The molecule has 0 saturated carbocycles. The monoisotopic (exact) mass is 366 g/mol. The minimum Gasteiger partial charge on any atom is -0.507 e. The van der Waals surface area contributed by atoms with E-state index in [2.05, 4.69) is 9.84 Å². The van der Waals surface area contributed by atoms with Crippen LogP contribution in [0, 0.1) is 0 Å². The van der Waals surface area contributed by atoms with Crippen molar-refractivity contribution in [1.82, 2.24) is 5.01 Å². The first-order chi connectivity index (χ1) is 11.6. The number of allylic oxidation sites excluding steroid dienone is 4. The maximum atomic E-state index is 14.7. The van der Waals surface area contributed by atoms with Gasteiger partial charge in [-0.15, -0.1) is 0 Å². The second-order valence-corrected chi connectivity index (χ2v) is 4.69. The second kappa shape index (κ2) is 7.81. The molecule has 1 rings (SSSR count). The molecule has 1 aliphatic rings. The number of hydrazone groups is 1. The molecule has 11 heteroatoms. The summed E-state index contributed by atoms with van der Waals surface area (Å²) >= 11 is 0. The van der Waals surface area contributed by atoms with Crippen LogP contribution in [0.15, 0.2) is 40.2 Å². The van der Waals surface area contributed by atoms with Gasteiger partial charge in [-0.2, -0.15) is 5.10 Å². The number of halogens is 4. The Morgan fingerprint density at radius 3 is 2.56 bits per heavy atom. The molecule has 2 unspecified atom stereocenters. The lowest BCUT2D eigenvalue weighted by molar-refractivity contribution is -0.138. The fourth-order valence-corrected chi connectivity index (χ4v) is 1.68. The molecule has 2 N–H and O–H groups in total. The largest absolute Gasteiger partial charge is 0.507 e. The molecular formula is C14H14F4N2O5. The van der Waals surface area contributed by atoms with Crippen molar-refractivity contribution in [1.29, 1.82) is 0 Å². The third-order valence-corrected chi connectivity index (χ3v) is 3.04. The fraction of sp³-hybridized carbons (Fsp3) is 0.357. The van der Waals surface area contributed by atoms with Gasteiger partial charge in [-0.05, 0) is 19.1 Å². The number of carboxylic acid groups (broad SMARTS) is 1. The van der Waals surface area contributed by atoms with Crippen LogP contribution < -0.4 is 0 Å². The fourth-order valence-electron chi connectivity index (χ4n) is 1.68. The van der Waals surface area contributed by atoms with E-state index in [1.807, 2.05) is 0 Å². The standard InChI is InChI=1S/C14H14F4N2O5/c1-3-25-12(22)7(6-19-20(2)13(23)24)11(21)14(18)5-4-8(15)9(16)10(14)17/h4-6,10,21H,3H2,1-2H3,(H,23,24). The van der Waals surface area contributed by atoms with Gasteiger partial charge in [0.25, 0.3) is 0 Å². The Morgan fingerprint density at radius 2 is 2.04 bits per heavy atom. The van der Waals surface area contributed by atoms with Gasteiger partial charge in [0.05, 0.1) is 12.8 Å². The number of amides is 1. The minimum absolute atomic E-state index is 0.180. The minimum atomic E-state index is -3.62. The van der Waals surface area contributed by atoms with E-state index in [0.717, 1.165) is 7.05 Å². The molecular weight excluding hydrogens is 352 g/mol. The third kappa shape index (κ3) is 4.17. The van der Waals surface area contributed by atoms with E-state index in [1.165, 1.54) is 6.92 Å². The third-order valence-electron chi connectivity index (χ3n) is 3.04. The average molecular weight is 366 g/mol. The maximum Gasteiger partial charge on any atom is 0.427 e. The van der Waals surface area contributed by atoms with Gasteiger partial charge in [0.15, 0.2) is 23.6 Å². The van der Waals surface area contributed by atoms with Crippen molar-refractivity contribution in [3.63, 3.8) is 0 Å². The van der Waals surface area contributed by atoms with Gasteiger partial charge in [-0.1, -0.05) is 0 Å². The number of alkyl halides is 2. The highest BCUT2D eigenvalue weighted by Gasteiger charge is 2.49. The van der Waals surface area contributed by atoms with Crippen molar-refractivity contribution in [2.24, 2.45) is 5.10 Å². The van der Waals surface area contributed by atoms with Crippen molar-refractivity contribution in [2.45, 2.75) is 18.8 Å². The van der Waals surface area contributed by atoms with Crippen LogP contribution in [0.5, 0.6) is 0 Å². The number of ether oxygens (including phenoxy) is 1. The van der Waals surface area contributed by atoms with Crippen molar-refractivity contribution in [3.8, 4) is 0 Å². The van der Waals surface area contributed by atoms with Crippen LogP contribution in [-0.2, 0) is 9.53 Å². The van der Waals surface area contributed by atoms with Crippen LogP contribution in [-0.4, -0.2) is 59.0 Å². The summed E-state index contributed by atoms with van der Waals surface area (Å²) in [5, 5.41) is 22.1. The summed E-state index contributed by atoms with van der Waals surface area (Å²) in [7, 11) is 0.945. The number of aliphatic hydroxyl groups excluding tert-OH is 1. The highest BCUT2D eigenvalue weighted by Crippen LogP contribution is 2.39. The molecule has 0 bridgehead atoms. The Labute approximate surface area is 139 Å². The number of carbonyl (C=O) groups excluding carboxylic acids is 1. The first kappa shape index (κ1) is 20.2. The normalized spacial score (nSPS) is 24.3. The van der Waals surface area contributed by atoms with Gasteiger partial charge >= 0.3 is 12.1 Å². The highest BCUT2D eigenvalue weighted by atomic mass is 19.2. The van der Waals surface area contributed by atoms with Crippen LogP contribution in [0.3, 0.4) is 0 Å². The number of rotatable bonds is 5. The summed E-state index contributed by atoms with van der Waals surface area (Å²) in [6.45, 7) is 1.14. The summed E-state index contributed by atoms with van der Waals surface area (Å²) in [5.41, 5.74) is -4.69. The topological polar surface area (TPSA) is 99.4 Å². The Kier molecular flexibility index (Phi) is 6.31. The molecule has 25 heavy (non-hydrogen) atoms. The van der Waals surface area contributed by atoms with Crippen molar-refractivity contribution < 1.29 is 42.1 Å². The molecule has 0 aliphatic heterocycles. The quantitative estimate of drug-likeness (QED) is 0.195. The first-order valence-corrected chi connectivity index (χ1v) is 6.75. The van der Waals surface area contributed by atoms with Crippen LogP contribution in [0.4, 0.5) is 22.4 Å². The predicted molar refractivity (Wildman–Crippen MR) is 77.7 cm³/mol. The zero-order valence-electron chi connectivity index (χ0n) is 13.0. The van der Waals surface area contributed by atoms with E-state index in [0.29, 0.717) is 11.2 Å². The SMILES string of the molecule is CCOC(=O)C(C=NN(C)C(=O)O)=C(O)C1(F)C=CC(F)=C(F)C1F. The number of hydrogen-bond donors (Lipinski definition) is 2. The molecule has 0 aromatic heterocycles. The van der Waals surface area contributed by atoms with E-state index >= 15 is 0 Å². The summed E-state index contributed by atoms with van der Waals surface area (Å²) < 4.78 is 59.4. The van der Waals surface area contributed by atoms with Crippen molar-refractivity contribution >= 4 is 18.3 Å². The molecule has 0 heterocycles. The summed E-state index contributed by atoms with van der Waals surface area (Å²) in [6, 6.07) is 0. The second-order valence-electron chi connectivity index (χ2n) is 4.69. The van der Waals surface area contributed by atoms with Crippen LogP contribution in [0.2, 0.25) is 0 Å². The molecule has 0 radical (unpaired) electrons. The zero-order chi connectivity index (χ0) is 19.4. The van der Waals surface area contributed by atoms with E-state index in [4.69, 9.17) is 5.11 Å². The van der Waals surface area contributed by atoms with Gasteiger partial charge in [-0.3, -0.25) is 0 Å². The smallest absolute Gasteiger partial charge is 0.427 e. The molecule has 0 fully saturated rings. The van der Waals surface area contributed by atoms with E-state index < -0.39 is 46.9 Å². The number of esters is 1. The molecule has 7 nitrogen and oxygen atoms in total. The molecule has 2 atom stereocenters. The Hall–Kier alpha value is -2.85. The number of carbonyl (C=O) groups is 2. The summed E-state index contributed by atoms with van der Waals surface area (Å²) in [6.07, 6.45) is -4.02. The molecule has 0 spiro atoms. The lowest BCUT2D eigenvalue weighted by Gasteiger charge is -2.27. The Morgan fingerprint density at radius 1 is 1.44 bits per heavy atom. The number of nitrogens with zero attached hydrogens (tertiary/aromatic N) is 2. The lowest BCUT2D eigenvalue weighted by atomic mass is 9.89. The first-order valence-electron chi connectivity index (χ1n) is 6.75. The van der Waals surface area contributed by atoms with E-state index in [-0.39, 0.29) is 18.8 Å². The Bertz CT molecular complexity index is 689. The predicted octanol–water partition coefficient (Wildman–Crippen LogP) is 2.72. The van der Waals surface area contributed by atoms with Crippen molar-refractivity contribution in [2.75, 3.05) is 13.7 Å². The van der Waals surface area contributed by atoms with Crippen LogP contribution in [0.25, 0.3) is 0 Å². The Balaban J connectivity index is 3.42.